The predicted molar refractivity (Wildman–Crippen MR) is 71.7 cm³/mol. The number of unbranched alkanes of at least 4 members (excludes halogenated alkanes) is 2. The Morgan fingerprint density at radius 1 is 1.12 bits per heavy atom. The van der Waals surface area contributed by atoms with E-state index in [9.17, 15) is 0 Å². The first-order chi connectivity index (χ1) is 7.83. The van der Waals surface area contributed by atoms with Gasteiger partial charge >= 0.3 is 0 Å². The quantitative estimate of drug-likeness (QED) is 0.631. The van der Waals surface area contributed by atoms with E-state index in [1.807, 2.05) is 0 Å². The summed E-state index contributed by atoms with van der Waals surface area (Å²) in [4.78, 5) is 0. The van der Waals surface area contributed by atoms with Gasteiger partial charge in [0, 0.05) is 5.03 Å². The van der Waals surface area contributed by atoms with Crippen molar-refractivity contribution in [2.45, 2.75) is 45.4 Å². The van der Waals surface area contributed by atoms with Gasteiger partial charge in [0.05, 0.1) is 0 Å². The van der Waals surface area contributed by atoms with Crippen LogP contribution in [0.5, 0.6) is 0 Å². The summed E-state index contributed by atoms with van der Waals surface area (Å²) in [5.74, 6) is 0. The SMILES string of the molecule is CCCCCC1=C(Cl)CCc2ccccc21. The van der Waals surface area contributed by atoms with Crippen LogP contribution in [0.3, 0.4) is 0 Å². The monoisotopic (exact) mass is 234 g/mol. The molecule has 0 bridgehead atoms. The molecule has 0 saturated carbocycles. The van der Waals surface area contributed by atoms with Gasteiger partial charge in [-0.2, -0.15) is 0 Å². The van der Waals surface area contributed by atoms with Crippen molar-refractivity contribution in [2.75, 3.05) is 0 Å². The molecule has 0 saturated heterocycles. The van der Waals surface area contributed by atoms with E-state index in [1.165, 1.54) is 36.0 Å². The second-order valence-electron chi connectivity index (χ2n) is 4.50. The van der Waals surface area contributed by atoms with E-state index < -0.39 is 0 Å². The van der Waals surface area contributed by atoms with Gasteiger partial charge in [0.1, 0.15) is 0 Å². The van der Waals surface area contributed by atoms with Crippen LogP contribution in [0, 0.1) is 0 Å². The molecule has 0 amide bonds. The molecule has 1 heteroatoms. The Bertz CT molecular complexity index is 390. The average molecular weight is 235 g/mol. The lowest BCUT2D eigenvalue weighted by atomic mass is 9.88. The first kappa shape index (κ1) is 11.7. The van der Waals surface area contributed by atoms with E-state index in [0.29, 0.717) is 0 Å². The third-order valence-corrected chi connectivity index (χ3v) is 3.73. The number of hydrogen-bond donors (Lipinski definition) is 0. The van der Waals surface area contributed by atoms with Crippen LogP contribution in [-0.4, -0.2) is 0 Å². The molecule has 1 aromatic carbocycles. The highest BCUT2D eigenvalue weighted by Crippen LogP contribution is 2.36. The number of benzene rings is 1. The zero-order valence-corrected chi connectivity index (χ0v) is 10.7. The molecule has 0 spiro atoms. The fraction of sp³-hybridized carbons (Fsp3) is 0.467. The minimum atomic E-state index is 1.03. The Labute approximate surface area is 103 Å². The fourth-order valence-electron chi connectivity index (χ4n) is 2.40. The maximum atomic E-state index is 6.37. The molecule has 0 radical (unpaired) electrons. The third kappa shape index (κ3) is 2.49. The largest absolute Gasteiger partial charge is 0.0888 e. The number of halogens is 1. The van der Waals surface area contributed by atoms with Gasteiger partial charge in [-0.15, -0.1) is 0 Å². The van der Waals surface area contributed by atoms with E-state index in [0.717, 1.165) is 24.3 Å². The van der Waals surface area contributed by atoms with Crippen molar-refractivity contribution >= 4 is 17.2 Å². The lowest BCUT2D eigenvalue weighted by molar-refractivity contribution is 0.731. The van der Waals surface area contributed by atoms with E-state index in [-0.39, 0.29) is 0 Å². The maximum Gasteiger partial charge on any atom is 0.0222 e. The molecule has 0 fully saturated rings. The summed E-state index contributed by atoms with van der Waals surface area (Å²) in [6.45, 7) is 2.24. The molecule has 1 aromatic rings. The summed E-state index contributed by atoms with van der Waals surface area (Å²) in [5.41, 5.74) is 4.27. The average Bonchev–Trinajstić information content (AvgIpc) is 2.32. The highest BCUT2D eigenvalue weighted by atomic mass is 35.5. The molecule has 1 aliphatic rings. The molecule has 0 unspecified atom stereocenters. The van der Waals surface area contributed by atoms with Crippen molar-refractivity contribution in [3.8, 4) is 0 Å². The van der Waals surface area contributed by atoms with Gasteiger partial charge in [0.2, 0.25) is 0 Å². The molecule has 1 aliphatic carbocycles. The number of aryl methyl sites for hydroxylation is 1. The van der Waals surface area contributed by atoms with Crippen LogP contribution in [0.25, 0.3) is 5.57 Å². The number of hydrogen-bond acceptors (Lipinski definition) is 0. The minimum absolute atomic E-state index is 1.03. The summed E-state index contributed by atoms with van der Waals surface area (Å²) in [6, 6.07) is 8.70. The fourth-order valence-corrected chi connectivity index (χ4v) is 2.69. The van der Waals surface area contributed by atoms with Crippen molar-refractivity contribution in [2.24, 2.45) is 0 Å². The van der Waals surface area contributed by atoms with Crippen molar-refractivity contribution in [3.05, 3.63) is 40.4 Å². The molecule has 16 heavy (non-hydrogen) atoms. The molecule has 86 valence electrons. The summed E-state index contributed by atoms with van der Waals surface area (Å²) in [7, 11) is 0. The predicted octanol–water partition coefficient (Wildman–Crippen LogP) is 5.16. The first-order valence-corrected chi connectivity index (χ1v) is 6.66. The van der Waals surface area contributed by atoms with Crippen molar-refractivity contribution in [1.29, 1.82) is 0 Å². The van der Waals surface area contributed by atoms with Gasteiger partial charge in [-0.3, -0.25) is 0 Å². The van der Waals surface area contributed by atoms with Gasteiger partial charge in [-0.25, -0.2) is 0 Å². The van der Waals surface area contributed by atoms with Crippen molar-refractivity contribution < 1.29 is 0 Å². The zero-order chi connectivity index (χ0) is 11.4. The zero-order valence-electron chi connectivity index (χ0n) is 9.93. The van der Waals surface area contributed by atoms with Crippen LogP contribution in [0.15, 0.2) is 29.3 Å². The Hall–Kier alpha value is -0.750. The van der Waals surface area contributed by atoms with Crippen LogP contribution < -0.4 is 0 Å². The van der Waals surface area contributed by atoms with Crippen molar-refractivity contribution in [1.82, 2.24) is 0 Å². The van der Waals surface area contributed by atoms with Crippen LogP contribution in [0.4, 0.5) is 0 Å². The highest BCUT2D eigenvalue weighted by Gasteiger charge is 2.16. The van der Waals surface area contributed by atoms with E-state index in [1.54, 1.807) is 0 Å². The molecule has 0 N–H and O–H groups in total. The molecular formula is C15H19Cl. The highest BCUT2D eigenvalue weighted by molar-refractivity contribution is 6.32. The first-order valence-electron chi connectivity index (χ1n) is 6.28. The molecule has 0 nitrogen and oxygen atoms in total. The molecule has 0 aromatic heterocycles. The second-order valence-corrected chi connectivity index (χ2v) is 4.95. The van der Waals surface area contributed by atoms with Crippen LogP contribution >= 0.6 is 11.6 Å². The smallest absolute Gasteiger partial charge is 0.0222 e. The van der Waals surface area contributed by atoms with Gasteiger partial charge in [0.15, 0.2) is 0 Å². The molecular weight excluding hydrogens is 216 g/mol. The van der Waals surface area contributed by atoms with E-state index >= 15 is 0 Å². The van der Waals surface area contributed by atoms with Crippen LogP contribution in [0.1, 0.15) is 50.2 Å². The Morgan fingerprint density at radius 3 is 2.75 bits per heavy atom. The summed E-state index contributed by atoms with van der Waals surface area (Å²) < 4.78 is 0. The van der Waals surface area contributed by atoms with E-state index in [4.69, 9.17) is 11.6 Å². The number of rotatable bonds is 4. The standard InChI is InChI=1S/C15H19Cl/c1-2-3-4-9-14-13-8-6-5-7-12(13)10-11-15(14)16/h5-8H,2-4,9-11H2,1H3. The summed E-state index contributed by atoms with van der Waals surface area (Å²) >= 11 is 6.37. The normalized spacial score (nSPS) is 15.1. The van der Waals surface area contributed by atoms with E-state index in [2.05, 4.69) is 31.2 Å². The topological polar surface area (TPSA) is 0 Å². The maximum absolute atomic E-state index is 6.37. The third-order valence-electron chi connectivity index (χ3n) is 3.31. The van der Waals surface area contributed by atoms with Gasteiger partial charge in [0.25, 0.3) is 0 Å². The van der Waals surface area contributed by atoms with Gasteiger partial charge in [-0.05, 0) is 42.4 Å². The number of fused-ring (bicyclic) bond motifs is 1. The van der Waals surface area contributed by atoms with Crippen molar-refractivity contribution in [3.63, 3.8) is 0 Å². The second kappa shape index (κ2) is 5.54. The Kier molecular flexibility index (Phi) is 4.06. The van der Waals surface area contributed by atoms with Crippen LogP contribution in [-0.2, 0) is 6.42 Å². The lowest BCUT2D eigenvalue weighted by Crippen LogP contribution is -2.02. The molecule has 0 atom stereocenters. The lowest BCUT2D eigenvalue weighted by Gasteiger charge is -2.20. The Morgan fingerprint density at radius 2 is 1.94 bits per heavy atom. The summed E-state index contributed by atoms with van der Waals surface area (Å²) in [5, 5.41) is 1.09. The number of allylic oxidation sites excluding steroid dienone is 2. The summed E-state index contributed by atoms with van der Waals surface area (Å²) in [6.07, 6.45) is 7.11. The van der Waals surface area contributed by atoms with Crippen LogP contribution in [0.2, 0.25) is 0 Å². The van der Waals surface area contributed by atoms with Gasteiger partial charge in [-0.1, -0.05) is 55.6 Å². The Balaban J connectivity index is 2.20. The van der Waals surface area contributed by atoms with Gasteiger partial charge < -0.3 is 0 Å². The molecule has 0 aliphatic heterocycles. The minimum Gasteiger partial charge on any atom is -0.0888 e. The molecule has 0 heterocycles. The molecule has 2 rings (SSSR count).